The van der Waals surface area contributed by atoms with Crippen molar-refractivity contribution >= 4 is 45.6 Å². The van der Waals surface area contributed by atoms with E-state index in [9.17, 15) is 22.8 Å². The zero-order chi connectivity index (χ0) is 44.1. The number of halogens is 3. The molecule has 326 valence electrons. The molecule has 0 unspecified atom stereocenters. The van der Waals surface area contributed by atoms with Crippen LogP contribution in [0, 0.1) is 25.7 Å². The van der Waals surface area contributed by atoms with Crippen LogP contribution in [0.15, 0.2) is 87.1 Å². The Hall–Kier alpha value is -6.58. The van der Waals surface area contributed by atoms with Crippen LogP contribution in [-0.4, -0.2) is 77.5 Å². The lowest BCUT2D eigenvalue weighted by atomic mass is 10.1. The van der Waals surface area contributed by atoms with Crippen LogP contribution in [0.5, 0.6) is 11.6 Å². The number of ether oxygens (including phenoxy) is 3. The fraction of sp³-hybridized carbons (Fsp3) is 0.318. The quantitative estimate of drug-likeness (QED) is 0.0224. The SMILES string of the molecule is COc1cc(SCCCOCCCNC(=O)COc2cccc(CNc3cc(-c4c(C)noc4C)c[nH]c3=O)n2)ccc1NCC#Cc1cc2c(N)cccc2n1CC(F)(F)F. The van der Waals surface area contributed by atoms with Crippen molar-refractivity contribution in [2.45, 2.75) is 50.9 Å². The van der Waals surface area contributed by atoms with Crippen molar-refractivity contribution in [2.75, 3.05) is 62.1 Å². The number of hydrogen-bond donors (Lipinski definition) is 5. The number of nitrogens with two attached hydrogens (primary N) is 1. The number of benzene rings is 2. The number of aromatic amines is 1. The minimum atomic E-state index is -4.42. The lowest BCUT2D eigenvalue weighted by molar-refractivity contribution is -0.140. The van der Waals surface area contributed by atoms with Crippen molar-refractivity contribution in [3.63, 3.8) is 0 Å². The van der Waals surface area contributed by atoms with Crippen LogP contribution in [0.3, 0.4) is 0 Å². The molecule has 0 bridgehead atoms. The molecule has 0 saturated heterocycles. The first-order valence-corrected chi connectivity index (χ1v) is 20.7. The summed E-state index contributed by atoms with van der Waals surface area (Å²) in [4.78, 5) is 33.0. The van der Waals surface area contributed by atoms with E-state index in [1.54, 1.807) is 73.6 Å². The van der Waals surface area contributed by atoms with E-state index >= 15 is 0 Å². The second kappa shape index (κ2) is 21.3. The van der Waals surface area contributed by atoms with Gasteiger partial charge in [0.2, 0.25) is 5.88 Å². The van der Waals surface area contributed by atoms with Gasteiger partial charge < -0.3 is 50.0 Å². The number of alkyl halides is 3. The number of nitrogen functional groups attached to an aromatic ring is 1. The molecule has 6 aromatic rings. The molecule has 0 aliphatic carbocycles. The van der Waals surface area contributed by atoms with Gasteiger partial charge in [-0.3, -0.25) is 9.59 Å². The smallest absolute Gasteiger partial charge is 0.406 e. The van der Waals surface area contributed by atoms with E-state index in [2.05, 4.69) is 42.9 Å². The highest BCUT2D eigenvalue weighted by Crippen LogP contribution is 2.32. The maximum absolute atomic E-state index is 13.3. The minimum absolute atomic E-state index is 0.181. The van der Waals surface area contributed by atoms with Crippen LogP contribution in [0.2, 0.25) is 0 Å². The highest BCUT2D eigenvalue weighted by Gasteiger charge is 2.30. The van der Waals surface area contributed by atoms with E-state index in [0.717, 1.165) is 38.5 Å². The van der Waals surface area contributed by atoms with Gasteiger partial charge in [-0.05, 0) is 81.1 Å². The van der Waals surface area contributed by atoms with Crippen molar-refractivity contribution in [3.8, 4) is 34.6 Å². The number of hydrogen-bond acceptors (Lipinski definition) is 12. The van der Waals surface area contributed by atoms with E-state index in [4.69, 9.17) is 24.5 Å². The summed E-state index contributed by atoms with van der Waals surface area (Å²) in [6.45, 7) is 4.20. The second-order valence-corrected chi connectivity index (χ2v) is 15.2. The van der Waals surface area contributed by atoms with Gasteiger partial charge >= 0.3 is 6.18 Å². The van der Waals surface area contributed by atoms with Gasteiger partial charge in [-0.2, -0.15) is 13.2 Å². The normalized spacial score (nSPS) is 11.3. The van der Waals surface area contributed by atoms with Gasteiger partial charge in [0, 0.05) is 64.9 Å². The van der Waals surface area contributed by atoms with E-state index in [1.165, 1.54) is 0 Å². The third-order valence-electron chi connectivity index (χ3n) is 9.38. The molecule has 1 amide bonds. The van der Waals surface area contributed by atoms with Gasteiger partial charge in [-0.25, -0.2) is 4.98 Å². The molecular formula is C44H47F3N8O6S. The number of fused-ring (bicyclic) bond motifs is 1. The Morgan fingerprint density at radius 1 is 1.03 bits per heavy atom. The summed E-state index contributed by atoms with van der Waals surface area (Å²) < 4.78 is 63.3. The fourth-order valence-corrected chi connectivity index (χ4v) is 7.32. The Labute approximate surface area is 360 Å². The molecule has 0 saturated carbocycles. The number of aromatic nitrogens is 4. The molecule has 4 aromatic heterocycles. The maximum Gasteiger partial charge on any atom is 0.406 e. The van der Waals surface area contributed by atoms with Gasteiger partial charge in [0.15, 0.2) is 6.61 Å². The standard InChI is InChI=1S/C44H47F3N8O6S/c1-28-42(29(2)61-54-28)30-21-37(43(57)52-24-30)51-25-31-9-4-13-41(53-31)60-26-40(56)50-17-7-18-59-19-8-20-62-33-14-15-36(39(23-33)58-3)49-16-6-10-32-22-34-35(48)11-5-12-38(34)55(32)27-44(45,46)47/h4-5,9,11-15,21-24,49,51H,7-8,16-20,25-27,48H2,1-3H3,(H,50,56)(H,52,57). The fourth-order valence-electron chi connectivity index (χ4n) is 6.46. The molecule has 0 fully saturated rings. The Bertz CT molecular complexity index is 2580. The van der Waals surface area contributed by atoms with E-state index in [1.807, 2.05) is 32.0 Å². The van der Waals surface area contributed by atoms with Crippen molar-refractivity contribution in [3.05, 3.63) is 106 Å². The molecule has 62 heavy (non-hydrogen) atoms. The van der Waals surface area contributed by atoms with Gasteiger partial charge in [0.25, 0.3) is 11.5 Å². The number of carbonyl (C=O) groups excluding carboxylic acids is 1. The molecule has 6 rings (SSSR count). The number of H-pyrrole nitrogens is 1. The highest BCUT2D eigenvalue weighted by molar-refractivity contribution is 7.99. The lowest BCUT2D eigenvalue weighted by Crippen LogP contribution is -2.30. The molecule has 0 radical (unpaired) electrons. The number of amides is 1. The molecule has 0 atom stereocenters. The summed E-state index contributed by atoms with van der Waals surface area (Å²) in [5.41, 5.74) is 10.7. The largest absolute Gasteiger partial charge is 0.495 e. The van der Waals surface area contributed by atoms with Crippen molar-refractivity contribution < 1.29 is 36.7 Å². The number of carbonyl (C=O) groups is 1. The van der Waals surface area contributed by atoms with Crippen molar-refractivity contribution in [1.82, 2.24) is 25.0 Å². The van der Waals surface area contributed by atoms with Crippen LogP contribution < -0.4 is 36.7 Å². The predicted octanol–water partition coefficient (Wildman–Crippen LogP) is 7.31. The van der Waals surface area contributed by atoms with Crippen LogP contribution in [0.1, 0.15) is 35.7 Å². The molecule has 14 nitrogen and oxygen atoms in total. The summed E-state index contributed by atoms with van der Waals surface area (Å²) in [5, 5.41) is 13.6. The molecule has 4 heterocycles. The molecule has 0 spiro atoms. The molecule has 18 heteroatoms. The van der Waals surface area contributed by atoms with Gasteiger partial charge in [-0.1, -0.05) is 23.2 Å². The summed E-state index contributed by atoms with van der Waals surface area (Å²) in [5.74, 6) is 7.85. The first-order chi connectivity index (χ1) is 29.9. The first-order valence-electron chi connectivity index (χ1n) is 19.7. The predicted molar refractivity (Wildman–Crippen MR) is 234 cm³/mol. The van der Waals surface area contributed by atoms with Crippen LogP contribution in [0.4, 0.5) is 30.2 Å². The second-order valence-electron chi connectivity index (χ2n) is 14.0. The zero-order valence-electron chi connectivity index (χ0n) is 34.4. The van der Waals surface area contributed by atoms with E-state index < -0.39 is 12.7 Å². The Balaban J connectivity index is 0.842. The molecule has 0 aliphatic rings. The Kier molecular flexibility index (Phi) is 15.4. The number of thioether (sulfide) groups is 1. The van der Waals surface area contributed by atoms with Crippen LogP contribution in [0.25, 0.3) is 22.0 Å². The van der Waals surface area contributed by atoms with E-state index in [0.29, 0.717) is 71.3 Å². The highest BCUT2D eigenvalue weighted by atomic mass is 32.2. The Morgan fingerprint density at radius 2 is 1.85 bits per heavy atom. The number of aryl methyl sites for hydroxylation is 2. The van der Waals surface area contributed by atoms with Crippen molar-refractivity contribution in [1.29, 1.82) is 0 Å². The number of nitrogens with one attached hydrogen (secondary N) is 4. The van der Waals surface area contributed by atoms with Gasteiger partial charge in [-0.15, -0.1) is 11.8 Å². The van der Waals surface area contributed by atoms with Crippen LogP contribution in [-0.2, 0) is 22.6 Å². The van der Waals surface area contributed by atoms with Crippen molar-refractivity contribution in [2.24, 2.45) is 0 Å². The number of anilines is 3. The Morgan fingerprint density at radius 3 is 2.65 bits per heavy atom. The van der Waals surface area contributed by atoms with Gasteiger partial charge in [0.05, 0.1) is 48.5 Å². The average Bonchev–Trinajstić information content (AvgIpc) is 3.78. The lowest BCUT2D eigenvalue weighted by Gasteiger charge is -2.12. The third kappa shape index (κ3) is 12.5. The molecule has 2 aromatic carbocycles. The number of pyridine rings is 2. The minimum Gasteiger partial charge on any atom is -0.495 e. The number of rotatable bonds is 20. The average molecular weight is 873 g/mol. The van der Waals surface area contributed by atoms with Crippen LogP contribution >= 0.6 is 11.8 Å². The third-order valence-corrected chi connectivity index (χ3v) is 10.5. The molecule has 0 aliphatic heterocycles. The topological polar surface area (TPSA) is 184 Å². The number of methoxy groups -OCH3 is 1. The van der Waals surface area contributed by atoms with Gasteiger partial charge in [0.1, 0.15) is 23.7 Å². The summed E-state index contributed by atoms with van der Waals surface area (Å²) in [6, 6.07) is 19.1. The molecule has 6 N–H and O–H groups in total. The summed E-state index contributed by atoms with van der Waals surface area (Å²) in [7, 11) is 1.57. The summed E-state index contributed by atoms with van der Waals surface area (Å²) >= 11 is 1.65. The summed E-state index contributed by atoms with van der Waals surface area (Å²) in [6.07, 6.45) is -1.35. The maximum atomic E-state index is 13.3. The number of nitrogens with zero attached hydrogens (tertiary/aromatic N) is 3. The first kappa shape index (κ1) is 45.0. The van der Waals surface area contributed by atoms with E-state index in [-0.39, 0.29) is 42.7 Å². The molecular weight excluding hydrogens is 826 g/mol. The monoisotopic (exact) mass is 872 g/mol. The zero-order valence-corrected chi connectivity index (χ0v) is 35.2.